The minimum absolute atomic E-state index is 0.206. The van der Waals surface area contributed by atoms with Crippen LogP contribution in [0.15, 0.2) is 48.5 Å². The van der Waals surface area contributed by atoms with Crippen molar-refractivity contribution < 1.29 is 9.53 Å². The Balaban J connectivity index is 1.37. The molecule has 1 aliphatic heterocycles. The molecule has 1 unspecified atom stereocenters. The summed E-state index contributed by atoms with van der Waals surface area (Å²) in [4.78, 5) is 12.4. The monoisotopic (exact) mass is 403 g/mol. The predicted molar refractivity (Wildman–Crippen MR) is 115 cm³/mol. The van der Waals surface area contributed by atoms with Gasteiger partial charge in [-0.1, -0.05) is 61.4 Å². The summed E-state index contributed by atoms with van der Waals surface area (Å²) in [6.45, 7) is 2.21. The minimum Gasteiger partial charge on any atom is -0.479 e. The summed E-state index contributed by atoms with van der Waals surface area (Å²) < 4.78 is 5.98. The number of benzene rings is 2. The topological polar surface area (TPSA) is 92.8 Å². The fraction of sp³-hybridized carbons (Fsp3) is 0.304. The van der Waals surface area contributed by atoms with Gasteiger partial charge in [0.15, 0.2) is 6.10 Å². The summed E-state index contributed by atoms with van der Waals surface area (Å²) in [7, 11) is 0. The molecule has 0 saturated carbocycles. The SMILES string of the molecule is CCCCCc1ccc(C=CC(=O)Nc2cccc3c2OC(c2nn[nH]n2)C3)cc1. The molecule has 0 spiro atoms. The van der Waals surface area contributed by atoms with Crippen molar-refractivity contribution in [2.75, 3.05) is 5.32 Å². The number of nitrogens with zero attached hydrogens (tertiary/aromatic N) is 3. The molecule has 4 rings (SSSR count). The Hall–Kier alpha value is -3.48. The van der Waals surface area contributed by atoms with E-state index < -0.39 is 0 Å². The first-order valence-corrected chi connectivity index (χ1v) is 10.3. The number of nitrogens with one attached hydrogen (secondary N) is 2. The lowest BCUT2D eigenvalue weighted by molar-refractivity contribution is -0.111. The molecule has 1 amide bonds. The molecular formula is C23H25N5O2. The van der Waals surface area contributed by atoms with Gasteiger partial charge < -0.3 is 10.1 Å². The molecule has 1 aliphatic rings. The van der Waals surface area contributed by atoms with Crippen LogP contribution >= 0.6 is 0 Å². The highest BCUT2D eigenvalue weighted by atomic mass is 16.5. The zero-order valence-electron chi connectivity index (χ0n) is 17.0. The number of anilines is 1. The molecule has 2 heterocycles. The molecule has 0 radical (unpaired) electrons. The van der Waals surface area contributed by atoms with Gasteiger partial charge in [0.2, 0.25) is 11.7 Å². The summed E-state index contributed by atoms with van der Waals surface area (Å²) in [5.41, 5.74) is 3.97. The first-order valence-electron chi connectivity index (χ1n) is 10.3. The van der Waals surface area contributed by atoms with E-state index in [1.807, 2.05) is 36.4 Å². The lowest BCUT2D eigenvalue weighted by Crippen LogP contribution is -2.09. The Bertz CT molecular complexity index is 1010. The van der Waals surface area contributed by atoms with Crippen LogP contribution in [0.4, 0.5) is 5.69 Å². The van der Waals surface area contributed by atoms with Crippen molar-refractivity contribution >= 4 is 17.7 Å². The number of ether oxygens (including phenoxy) is 1. The molecule has 7 heteroatoms. The molecule has 1 aromatic heterocycles. The highest BCUT2D eigenvalue weighted by Gasteiger charge is 2.29. The number of hydrogen-bond acceptors (Lipinski definition) is 5. The second-order valence-corrected chi connectivity index (χ2v) is 7.40. The molecule has 154 valence electrons. The summed E-state index contributed by atoms with van der Waals surface area (Å²) >= 11 is 0. The molecule has 30 heavy (non-hydrogen) atoms. The van der Waals surface area contributed by atoms with Crippen molar-refractivity contribution in [3.8, 4) is 5.75 Å². The number of unbranched alkanes of at least 4 members (excludes halogenated alkanes) is 2. The highest BCUT2D eigenvalue weighted by molar-refractivity contribution is 6.03. The van der Waals surface area contributed by atoms with Crippen LogP contribution in [0.2, 0.25) is 0 Å². The number of aryl methyl sites for hydroxylation is 1. The van der Waals surface area contributed by atoms with E-state index in [9.17, 15) is 4.79 Å². The van der Waals surface area contributed by atoms with Crippen LogP contribution in [0.3, 0.4) is 0 Å². The van der Waals surface area contributed by atoms with Gasteiger partial charge in [0.25, 0.3) is 0 Å². The lowest BCUT2D eigenvalue weighted by Gasteiger charge is -2.10. The van der Waals surface area contributed by atoms with Gasteiger partial charge in [0.05, 0.1) is 5.69 Å². The van der Waals surface area contributed by atoms with Crippen molar-refractivity contribution in [1.82, 2.24) is 20.6 Å². The molecule has 0 bridgehead atoms. The smallest absolute Gasteiger partial charge is 0.248 e. The van der Waals surface area contributed by atoms with Gasteiger partial charge in [-0.05, 0) is 36.1 Å². The van der Waals surface area contributed by atoms with Crippen LogP contribution in [-0.4, -0.2) is 26.5 Å². The van der Waals surface area contributed by atoms with Gasteiger partial charge in [-0.3, -0.25) is 4.79 Å². The number of tetrazole rings is 1. The minimum atomic E-state index is -0.303. The van der Waals surface area contributed by atoms with E-state index in [4.69, 9.17) is 4.74 Å². The summed E-state index contributed by atoms with van der Waals surface area (Å²) in [6, 6.07) is 14.1. The third kappa shape index (κ3) is 4.74. The number of aromatic nitrogens is 4. The number of carbonyl (C=O) groups is 1. The van der Waals surface area contributed by atoms with Crippen LogP contribution in [0.1, 0.15) is 54.8 Å². The van der Waals surface area contributed by atoms with Crippen molar-refractivity contribution in [2.24, 2.45) is 0 Å². The number of aromatic amines is 1. The maximum absolute atomic E-state index is 12.4. The molecule has 2 N–H and O–H groups in total. The zero-order valence-corrected chi connectivity index (χ0v) is 17.0. The maximum Gasteiger partial charge on any atom is 0.248 e. The van der Waals surface area contributed by atoms with Crippen molar-refractivity contribution in [3.05, 3.63) is 71.1 Å². The van der Waals surface area contributed by atoms with E-state index >= 15 is 0 Å². The van der Waals surface area contributed by atoms with Crippen molar-refractivity contribution in [2.45, 2.75) is 45.1 Å². The summed E-state index contributed by atoms with van der Waals surface area (Å²) in [5, 5.41) is 16.9. The Morgan fingerprint density at radius 2 is 2.10 bits per heavy atom. The van der Waals surface area contributed by atoms with E-state index in [1.54, 1.807) is 0 Å². The first-order chi connectivity index (χ1) is 14.7. The Morgan fingerprint density at radius 3 is 2.87 bits per heavy atom. The van der Waals surface area contributed by atoms with Crippen molar-refractivity contribution in [1.29, 1.82) is 0 Å². The van der Waals surface area contributed by atoms with E-state index in [-0.39, 0.29) is 12.0 Å². The molecule has 2 aromatic carbocycles. The fourth-order valence-electron chi connectivity index (χ4n) is 3.54. The molecule has 3 aromatic rings. The number of fused-ring (bicyclic) bond motifs is 1. The standard InChI is InChI=1S/C23H25N5O2/c1-2-3-4-6-16-9-11-17(12-10-16)13-14-21(29)24-19-8-5-7-18-15-20(30-22(18)19)23-25-27-28-26-23/h5,7-14,20H,2-4,6,15H2,1H3,(H,24,29)(H,25,26,27,28). The van der Waals surface area contributed by atoms with E-state index in [1.165, 1.54) is 30.9 Å². The zero-order chi connectivity index (χ0) is 20.8. The maximum atomic E-state index is 12.4. The summed E-state index contributed by atoms with van der Waals surface area (Å²) in [6.07, 6.45) is 8.48. The van der Waals surface area contributed by atoms with Gasteiger partial charge >= 0.3 is 0 Å². The molecule has 0 aliphatic carbocycles. The van der Waals surface area contributed by atoms with Crippen molar-refractivity contribution in [3.63, 3.8) is 0 Å². The predicted octanol–water partition coefficient (Wildman–Crippen LogP) is 4.26. The lowest BCUT2D eigenvalue weighted by atomic mass is 10.1. The third-order valence-corrected chi connectivity index (χ3v) is 5.15. The number of amides is 1. The second kappa shape index (κ2) is 9.35. The Labute approximate surface area is 175 Å². The largest absolute Gasteiger partial charge is 0.479 e. The van der Waals surface area contributed by atoms with Crippen LogP contribution in [-0.2, 0) is 17.6 Å². The Kier molecular flexibility index (Phi) is 6.17. The molecule has 0 fully saturated rings. The average molecular weight is 403 g/mol. The quantitative estimate of drug-likeness (QED) is 0.433. The second-order valence-electron chi connectivity index (χ2n) is 7.40. The van der Waals surface area contributed by atoms with Gasteiger partial charge in [-0.25, -0.2) is 0 Å². The van der Waals surface area contributed by atoms with Crippen LogP contribution < -0.4 is 10.1 Å². The number of carbonyl (C=O) groups excluding carboxylic acids is 1. The van der Waals surface area contributed by atoms with Gasteiger partial charge in [0, 0.05) is 18.1 Å². The van der Waals surface area contributed by atoms with Gasteiger partial charge in [-0.15, -0.1) is 10.2 Å². The molecule has 0 saturated heterocycles. The summed E-state index contributed by atoms with van der Waals surface area (Å²) in [5.74, 6) is 0.953. The normalized spacial score (nSPS) is 15.2. The van der Waals surface area contributed by atoms with Crippen LogP contribution in [0, 0.1) is 0 Å². The Morgan fingerprint density at radius 1 is 1.23 bits per heavy atom. The molecule has 7 nitrogen and oxygen atoms in total. The number of rotatable bonds is 8. The van der Waals surface area contributed by atoms with Crippen LogP contribution in [0.5, 0.6) is 5.75 Å². The highest BCUT2D eigenvalue weighted by Crippen LogP contribution is 2.40. The van der Waals surface area contributed by atoms with Gasteiger partial charge in [-0.2, -0.15) is 5.21 Å². The van der Waals surface area contributed by atoms with E-state index in [2.05, 4.69) is 45.0 Å². The third-order valence-electron chi connectivity index (χ3n) is 5.15. The van der Waals surface area contributed by atoms with E-state index in [0.29, 0.717) is 23.7 Å². The molecule has 1 atom stereocenters. The first kappa shape index (κ1) is 19.8. The number of para-hydroxylation sites is 1. The number of H-pyrrole nitrogens is 1. The van der Waals surface area contributed by atoms with E-state index in [0.717, 1.165) is 17.5 Å². The van der Waals surface area contributed by atoms with Crippen LogP contribution in [0.25, 0.3) is 6.08 Å². The average Bonchev–Trinajstić information content (AvgIpc) is 3.43. The number of hydrogen-bond donors (Lipinski definition) is 2. The molecular weight excluding hydrogens is 378 g/mol. The van der Waals surface area contributed by atoms with Gasteiger partial charge in [0.1, 0.15) is 5.75 Å². The fourth-order valence-corrected chi connectivity index (χ4v) is 3.54.